The quantitative estimate of drug-likeness (QED) is 0.370. The summed E-state index contributed by atoms with van der Waals surface area (Å²) in [7, 11) is 0. The number of anilines is 1. The first-order valence-electron chi connectivity index (χ1n) is 5.58. The number of hydrogen-bond acceptors (Lipinski definition) is 5. The zero-order valence-corrected chi connectivity index (χ0v) is 11.6. The van der Waals surface area contributed by atoms with Crippen molar-refractivity contribution in [3.63, 3.8) is 0 Å². The molecular weight excluding hydrogens is 300 g/mol. The fraction of sp³-hybridized carbons (Fsp3) is 0.455. The topological polar surface area (TPSA) is 84.0 Å². The summed E-state index contributed by atoms with van der Waals surface area (Å²) in [6.45, 7) is 3.80. The molecule has 1 atom stereocenters. The van der Waals surface area contributed by atoms with E-state index in [1.165, 1.54) is 0 Å². The normalized spacial score (nSPS) is 21.1. The summed E-state index contributed by atoms with van der Waals surface area (Å²) in [5, 5.41) is 11.7. The first-order chi connectivity index (χ1) is 8.61. The van der Waals surface area contributed by atoms with Gasteiger partial charge >= 0.3 is 0 Å². The van der Waals surface area contributed by atoms with Gasteiger partial charge in [0.1, 0.15) is 11.9 Å². The highest BCUT2D eigenvalue weighted by Gasteiger charge is 2.25. The Morgan fingerprint density at radius 1 is 1.72 bits per heavy atom. The lowest BCUT2D eigenvalue weighted by Gasteiger charge is -2.33. The molecule has 1 aliphatic heterocycles. The Morgan fingerprint density at radius 2 is 2.50 bits per heavy atom. The van der Waals surface area contributed by atoms with Crippen molar-refractivity contribution in [2.75, 3.05) is 24.6 Å². The molecule has 3 N–H and O–H groups in total. The lowest BCUT2D eigenvalue weighted by Crippen LogP contribution is -2.49. The third-order valence-corrected chi connectivity index (χ3v) is 3.26. The minimum atomic E-state index is -0.395. The standard InChI is InChI=1S/C11H15BrN4O2/c1-7-4-8(12)5-14-11(7)16-2-3-18-9(6-16)10(13)15-17/h4-5,9,17H,2-3,6H2,1H3,(H2,13,15). The summed E-state index contributed by atoms with van der Waals surface area (Å²) in [6.07, 6.45) is 1.37. The highest BCUT2D eigenvalue weighted by molar-refractivity contribution is 9.10. The fourth-order valence-electron chi connectivity index (χ4n) is 1.95. The SMILES string of the molecule is Cc1cc(Br)cnc1N1CCOC(C(N)=NO)C1. The van der Waals surface area contributed by atoms with E-state index in [4.69, 9.17) is 15.7 Å². The molecule has 1 aromatic rings. The highest BCUT2D eigenvalue weighted by Crippen LogP contribution is 2.22. The van der Waals surface area contributed by atoms with Crippen LogP contribution in [-0.2, 0) is 4.74 Å². The van der Waals surface area contributed by atoms with Crippen LogP contribution in [0.1, 0.15) is 5.56 Å². The summed E-state index contributed by atoms with van der Waals surface area (Å²) in [5.41, 5.74) is 6.64. The van der Waals surface area contributed by atoms with Crippen molar-refractivity contribution >= 4 is 27.6 Å². The Hall–Kier alpha value is -1.34. The molecule has 0 radical (unpaired) electrons. The fourth-order valence-corrected chi connectivity index (χ4v) is 2.40. The van der Waals surface area contributed by atoms with Gasteiger partial charge in [0.25, 0.3) is 0 Å². The van der Waals surface area contributed by atoms with E-state index in [0.29, 0.717) is 13.2 Å². The van der Waals surface area contributed by atoms with Crippen LogP contribution in [0.25, 0.3) is 0 Å². The molecule has 0 aromatic carbocycles. The minimum Gasteiger partial charge on any atom is -0.409 e. The molecule has 7 heteroatoms. The number of ether oxygens (including phenoxy) is 1. The van der Waals surface area contributed by atoms with Gasteiger partial charge in [-0.05, 0) is 34.5 Å². The molecule has 1 aliphatic rings. The average molecular weight is 315 g/mol. The van der Waals surface area contributed by atoms with Crippen LogP contribution in [0.4, 0.5) is 5.82 Å². The lowest BCUT2D eigenvalue weighted by molar-refractivity contribution is 0.0803. The number of nitrogens with zero attached hydrogens (tertiary/aromatic N) is 3. The molecule has 2 heterocycles. The van der Waals surface area contributed by atoms with E-state index >= 15 is 0 Å². The van der Waals surface area contributed by atoms with Gasteiger partial charge in [-0.1, -0.05) is 5.16 Å². The van der Waals surface area contributed by atoms with Gasteiger partial charge < -0.3 is 20.6 Å². The molecule has 0 saturated carbocycles. The molecule has 1 unspecified atom stereocenters. The maximum absolute atomic E-state index is 8.68. The second-order valence-electron chi connectivity index (χ2n) is 4.12. The number of amidine groups is 1. The third kappa shape index (κ3) is 2.73. The number of morpholine rings is 1. The van der Waals surface area contributed by atoms with Crippen molar-refractivity contribution in [2.45, 2.75) is 13.0 Å². The Kier molecular flexibility index (Phi) is 4.03. The predicted molar refractivity (Wildman–Crippen MR) is 72.0 cm³/mol. The van der Waals surface area contributed by atoms with Crippen molar-refractivity contribution < 1.29 is 9.94 Å². The van der Waals surface area contributed by atoms with Crippen LogP contribution >= 0.6 is 15.9 Å². The predicted octanol–water partition coefficient (Wildman–Crippen LogP) is 1.10. The van der Waals surface area contributed by atoms with Crippen molar-refractivity contribution in [1.82, 2.24) is 4.98 Å². The molecular formula is C11H15BrN4O2. The Bertz CT molecular complexity index is 466. The number of aromatic nitrogens is 1. The van der Waals surface area contributed by atoms with E-state index in [0.717, 1.165) is 22.4 Å². The van der Waals surface area contributed by atoms with Crippen LogP contribution in [0.15, 0.2) is 21.9 Å². The maximum Gasteiger partial charge on any atom is 0.170 e. The van der Waals surface area contributed by atoms with Gasteiger partial charge in [-0.25, -0.2) is 4.98 Å². The second-order valence-corrected chi connectivity index (χ2v) is 5.04. The molecule has 18 heavy (non-hydrogen) atoms. The Balaban J connectivity index is 2.18. The molecule has 1 aromatic heterocycles. The van der Waals surface area contributed by atoms with Crippen LogP contribution in [0.2, 0.25) is 0 Å². The molecule has 1 fully saturated rings. The first kappa shape index (κ1) is 13.1. The lowest BCUT2D eigenvalue weighted by atomic mass is 10.2. The third-order valence-electron chi connectivity index (χ3n) is 2.83. The summed E-state index contributed by atoms with van der Waals surface area (Å²) < 4.78 is 6.40. The molecule has 0 amide bonds. The molecule has 98 valence electrons. The summed E-state index contributed by atoms with van der Waals surface area (Å²) in [5.74, 6) is 0.992. The zero-order valence-electron chi connectivity index (χ0n) is 10.0. The van der Waals surface area contributed by atoms with Gasteiger partial charge in [0.2, 0.25) is 0 Å². The molecule has 6 nitrogen and oxygen atoms in total. The molecule has 1 saturated heterocycles. The van der Waals surface area contributed by atoms with Crippen molar-refractivity contribution in [3.05, 3.63) is 22.3 Å². The van der Waals surface area contributed by atoms with E-state index < -0.39 is 6.10 Å². The van der Waals surface area contributed by atoms with E-state index in [9.17, 15) is 0 Å². The van der Waals surface area contributed by atoms with Gasteiger partial charge in [0.05, 0.1) is 13.2 Å². The van der Waals surface area contributed by atoms with Crippen molar-refractivity contribution in [2.24, 2.45) is 10.9 Å². The number of aryl methyl sites for hydroxylation is 1. The van der Waals surface area contributed by atoms with Crippen LogP contribution in [0, 0.1) is 6.92 Å². The minimum absolute atomic E-state index is 0.0921. The van der Waals surface area contributed by atoms with Gasteiger partial charge in [-0.3, -0.25) is 0 Å². The van der Waals surface area contributed by atoms with Gasteiger partial charge in [0.15, 0.2) is 5.84 Å². The number of pyridine rings is 1. The molecule has 2 rings (SSSR count). The largest absolute Gasteiger partial charge is 0.409 e. The molecule has 0 bridgehead atoms. The van der Waals surface area contributed by atoms with E-state index in [1.54, 1.807) is 6.20 Å². The number of nitrogens with two attached hydrogens (primary N) is 1. The van der Waals surface area contributed by atoms with Crippen molar-refractivity contribution in [1.29, 1.82) is 0 Å². The second kappa shape index (κ2) is 5.53. The number of halogens is 1. The smallest absolute Gasteiger partial charge is 0.170 e. The van der Waals surface area contributed by atoms with Crippen LogP contribution in [0.3, 0.4) is 0 Å². The van der Waals surface area contributed by atoms with E-state index in [1.807, 2.05) is 13.0 Å². The zero-order chi connectivity index (χ0) is 13.1. The van der Waals surface area contributed by atoms with Crippen molar-refractivity contribution in [3.8, 4) is 0 Å². The number of rotatable bonds is 2. The van der Waals surface area contributed by atoms with E-state index in [2.05, 4.69) is 31.0 Å². The van der Waals surface area contributed by atoms with Gasteiger partial charge in [-0.2, -0.15) is 0 Å². The Labute approximate surface area is 114 Å². The first-order valence-corrected chi connectivity index (χ1v) is 6.37. The van der Waals surface area contributed by atoms with Crippen LogP contribution < -0.4 is 10.6 Å². The van der Waals surface area contributed by atoms with E-state index in [-0.39, 0.29) is 5.84 Å². The number of hydrogen-bond donors (Lipinski definition) is 2. The number of oxime groups is 1. The maximum atomic E-state index is 8.68. The summed E-state index contributed by atoms with van der Waals surface area (Å²) in [4.78, 5) is 6.48. The van der Waals surface area contributed by atoms with Gasteiger partial charge in [0, 0.05) is 17.2 Å². The molecule has 0 spiro atoms. The Morgan fingerprint density at radius 3 is 3.17 bits per heavy atom. The van der Waals surface area contributed by atoms with Crippen LogP contribution in [-0.4, -0.2) is 41.8 Å². The summed E-state index contributed by atoms with van der Waals surface area (Å²) in [6, 6.07) is 2.01. The highest BCUT2D eigenvalue weighted by atomic mass is 79.9. The molecule has 0 aliphatic carbocycles. The van der Waals surface area contributed by atoms with Crippen LogP contribution in [0.5, 0.6) is 0 Å². The average Bonchev–Trinajstić information content (AvgIpc) is 2.38. The van der Waals surface area contributed by atoms with Gasteiger partial charge in [-0.15, -0.1) is 0 Å². The monoisotopic (exact) mass is 314 g/mol. The summed E-state index contributed by atoms with van der Waals surface area (Å²) >= 11 is 3.39.